The van der Waals surface area contributed by atoms with Gasteiger partial charge in [0, 0.05) is 23.4 Å². The van der Waals surface area contributed by atoms with Gasteiger partial charge in [-0.1, -0.05) is 0 Å². The number of carboxylic acid groups (broad SMARTS) is 1. The molecule has 2 aromatic heterocycles. The predicted octanol–water partition coefficient (Wildman–Crippen LogP) is 5.24. The fraction of sp³-hybridized carbons (Fsp3) is 0.579. The standard InChI is InChI=1S/C19H25NO4S2/c1-19(2,3)24-18(23)20-8-6-12(7-9-20)4-5-14-10-13-11-15(16(21)22)26-17(13)25-14/h10-12H,4-9H2,1-3H3,(H,21,22). The lowest BCUT2D eigenvalue weighted by Gasteiger charge is -2.33. The number of hydrogen-bond acceptors (Lipinski definition) is 5. The van der Waals surface area contributed by atoms with Gasteiger partial charge < -0.3 is 14.7 Å². The number of ether oxygens (including phenoxy) is 1. The first-order chi connectivity index (χ1) is 12.2. The molecule has 142 valence electrons. The van der Waals surface area contributed by atoms with Gasteiger partial charge in [0.25, 0.3) is 0 Å². The Morgan fingerprint density at radius 2 is 1.92 bits per heavy atom. The predicted molar refractivity (Wildman–Crippen MR) is 106 cm³/mol. The van der Waals surface area contributed by atoms with Gasteiger partial charge in [-0.2, -0.15) is 0 Å². The number of carboxylic acids is 1. The second-order valence-corrected chi connectivity index (χ2v) is 10.3. The van der Waals surface area contributed by atoms with E-state index in [1.807, 2.05) is 25.7 Å². The van der Waals surface area contributed by atoms with Crippen LogP contribution in [0.4, 0.5) is 4.79 Å². The number of fused-ring (bicyclic) bond motifs is 1. The summed E-state index contributed by atoms with van der Waals surface area (Å²) in [4.78, 5) is 26.7. The molecular weight excluding hydrogens is 370 g/mol. The lowest BCUT2D eigenvalue weighted by molar-refractivity contribution is 0.0181. The molecule has 0 spiro atoms. The molecule has 3 rings (SSSR count). The van der Waals surface area contributed by atoms with Crippen molar-refractivity contribution in [3.8, 4) is 0 Å². The number of carbonyl (C=O) groups is 2. The number of piperidine rings is 1. The maximum atomic E-state index is 12.1. The van der Waals surface area contributed by atoms with Crippen LogP contribution in [-0.4, -0.2) is 40.8 Å². The smallest absolute Gasteiger partial charge is 0.410 e. The number of likely N-dealkylation sites (tertiary alicyclic amines) is 1. The molecule has 0 saturated carbocycles. The summed E-state index contributed by atoms with van der Waals surface area (Å²) in [5.41, 5.74) is -0.444. The van der Waals surface area contributed by atoms with E-state index >= 15 is 0 Å². The van der Waals surface area contributed by atoms with Gasteiger partial charge in [0.15, 0.2) is 0 Å². The molecule has 0 bridgehead atoms. The Morgan fingerprint density at radius 3 is 2.50 bits per heavy atom. The maximum Gasteiger partial charge on any atom is 0.410 e. The zero-order valence-corrected chi connectivity index (χ0v) is 17.0. The van der Waals surface area contributed by atoms with Crippen LogP contribution in [0.15, 0.2) is 12.1 Å². The zero-order chi connectivity index (χ0) is 18.9. The number of rotatable bonds is 4. The Labute approximate surface area is 161 Å². The highest BCUT2D eigenvalue weighted by Crippen LogP contribution is 2.35. The Kier molecular flexibility index (Phi) is 5.58. The lowest BCUT2D eigenvalue weighted by atomic mass is 9.92. The largest absolute Gasteiger partial charge is 0.477 e. The van der Waals surface area contributed by atoms with Crippen LogP contribution in [0.5, 0.6) is 0 Å². The van der Waals surface area contributed by atoms with Crippen molar-refractivity contribution >= 4 is 44.1 Å². The van der Waals surface area contributed by atoms with Crippen molar-refractivity contribution in [2.24, 2.45) is 5.92 Å². The van der Waals surface area contributed by atoms with Gasteiger partial charge in [-0.25, -0.2) is 9.59 Å². The third-order valence-corrected chi connectivity index (χ3v) is 6.98. The number of aromatic carboxylic acids is 1. The van der Waals surface area contributed by atoms with Crippen LogP contribution >= 0.6 is 22.7 Å². The highest BCUT2D eigenvalue weighted by Gasteiger charge is 2.26. The molecule has 0 unspecified atom stereocenters. The van der Waals surface area contributed by atoms with Crippen molar-refractivity contribution in [3.63, 3.8) is 0 Å². The molecule has 0 atom stereocenters. The molecule has 1 aliphatic rings. The normalized spacial score (nSPS) is 16.2. The summed E-state index contributed by atoms with van der Waals surface area (Å²) < 4.78 is 6.54. The zero-order valence-electron chi connectivity index (χ0n) is 15.4. The Hall–Kier alpha value is -1.60. The van der Waals surface area contributed by atoms with Crippen LogP contribution in [-0.2, 0) is 11.2 Å². The molecule has 0 aromatic carbocycles. The van der Waals surface area contributed by atoms with Crippen LogP contribution in [0.2, 0.25) is 0 Å². The van der Waals surface area contributed by atoms with Crippen molar-refractivity contribution in [3.05, 3.63) is 21.9 Å². The first-order valence-corrected chi connectivity index (χ1v) is 10.6. The molecule has 26 heavy (non-hydrogen) atoms. The topological polar surface area (TPSA) is 66.8 Å². The van der Waals surface area contributed by atoms with Crippen molar-refractivity contribution in [2.75, 3.05) is 13.1 Å². The minimum absolute atomic E-state index is 0.205. The molecule has 1 fully saturated rings. The van der Waals surface area contributed by atoms with Crippen LogP contribution < -0.4 is 0 Å². The Morgan fingerprint density at radius 1 is 1.23 bits per heavy atom. The van der Waals surface area contributed by atoms with E-state index < -0.39 is 11.6 Å². The average Bonchev–Trinajstić information content (AvgIpc) is 3.10. The third-order valence-electron chi connectivity index (χ3n) is 4.54. The van der Waals surface area contributed by atoms with Crippen LogP contribution in [0.1, 0.15) is 54.6 Å². The first kappa shape index (κ1) is 19.2. The highest BCUT2D eigenvalue weighted by molar-refractivity contribution is 7.39. The minimum atomic E-state index is -0.850. The van der Waals surface area contributed by atoms with Crippen LogP contribution in [0, 0.1) is 5.92 Å². The number of thiophene rings is 2. The fourth-order valence-corrected chi connectivity index (χ4v) is 5.54. The minimum Gasteiger partial charge on any atom is -0.477 e. The molecule has 2 aromatic rings. The van der Waals surface area contributed by atoms with Crippen LogP contribution in [0.3, 0.4) is 0 Å². The molecule has 1 amide bonds. The number of nitrogens with zero attached hydrogens (tertiary/aromatic N) is 1. The number of carbonyl (C=O) groups excluding carboxylic acids is 1. The van der Waals surface area contributed by atoms with Gasteiger partial charge in [-0.15, -0.1) is 22.7 Å². The van der Waals surface area contributed by atoms with Crippen molar-refractivity contribution < 1.29 is 19.4 Å². The molecule has 1 aliphatic heterocycles. The number of hydrogen-bond donors (Lipinski definition) is 1. The summed E-state index contributed by atoms with van der Waals surface area (Å²) >= 11 is 3.06. The van der Waals surface area contributed by atoms with Crippen molar-refractivity contribution in [1.29, 1.82) is 0 Å². The summed E-state index contributed by atoms with van der Waals surface area (Å²) in [6.45, 7) is 7.21. The summed E-state index contributed by atoms with van der Waals surface area (Å²) in [5, 5.41) is 10.1. The van der Waals surface area contributed by atoms with Gasteiger partial charge in [0.1, 0.15) is 10.5 Å². The van der Waals surface area contributed by atoms with E-state index in [0.717, 1.165) is 48.2 Å². The second kappa shape index (κ2) is 7.56. The number of aryl methyl sites for hydroxylation is 1. The molecule has 0 aliphatic carbocycles. The molecule has 5 nitrogen and oxygen atoms in total. The van der Waals surface area contributed by atoms with E-state index in [9.17, 15) is 9.59 Å². The number of amides is 1. The van der Waals surface area contributed by atoms with Gasteiger partial charge in [0.2, 0.25) is 0 Å². The molecule has 3 heterocycles. The summed E-state index contributed by atoms with van der Waals surface area (Å²) in [6, 6.07) is 3.89. The van der Waals surface area contributed by atoms with E-state index in [1.54, 1.807) is 17.4 Å². The summed E-state index contributed by atoms with van der Waals surface area (Å²) in [6.07, 6.45) is 3.96. The Bertz CT molecular complexity index is 763. The van der Waals surface area contributed by atoms with Gasteiger partial charge in [0.05, 0.1) is 4.01 Å². The Balaban J connectivity index is 1.47. The molecule has 0 radical (unpaired) electrons. The van der Waals surface area contributed by atoms with Crippen LogP contribution in [0.25, 0.3) is 9.40 Å². The molecule has 1 N–H and O–H groups in total. The maximum absolute atomic E-state index is 12.1. The van der Waals surface area contributed by atoms with Gasteiger partial charge in [-0.05, 0) is 64.5 Å². The van der Waals surface area contributed by atoms with E-state index in [-0.39, 0.29) is 6.09 Å². The second-order valence-electron chi connectivity index (χ2n) is 7.82. The van der Waals surface area contributed by atoms with Gasteiger partial charge >= 0.3 is 12.1 Å². The lowest BCUT2D eigenvalue weighted by Crippen LogP contribution is -2.41. The summed E-state index contributed by atoms with van der Waals surface area (Å²) in [7, 11) is 0. The fourth-order valence-electron chi connectivity index (χ4n) is 3.20. The van der Waals surface area contributed by atoms with E-state index in [2.05, 4.69) is 6.07 Å². The average molecular weight is 396 g/mol. The molecule has 7 heteroatoms. The third kappa shape index (κ3) is 4.76. The highest BCUT2D eigenvalue weighted by atomic mass is 32.2. The quantitative estimate of drug-likeness (QED) is 0.769. The first-order valence-electron chi connectivity index (χ1n) is 8.95. The van der Waals surface area contributed by atoms with Gasteiger partial charge in [-0.3, -0.25) is 0 Å². The van der Waals surface area contributed by atoms with E-state index in [4.69, 9.17) is 9.84 Å². The SMILES string of the molecule is CC(C)(C)OC(=O)N1CCC(CCc2cc3cc(C(=O)O)sc3s2)CC1. The molecular formula is C19H25NO4S2. The van der Waals surface area contributed by atoms with Crippen molar-refractivity contribution in [2.45, 2.75) is 52.1 Å². The van der Waals surface area contributed by atoms with E-state index in [1.165, 1.54) is 16.2 Å². The molecule has 1 saturated heterocycles. The van der Waals surface area contributed by atoms with E-state index in [0.29, 0.717) is 10.8 Å². The van der Waals surface area contributed by atoms with Crippen molar-refractivity contribution in [1.82, 2.24) is 4.90 Å². The monoisotopic (exact) mass is 395 g/mol. The summed E-state index contributed by atoms with van der Waals surface area (Å²) in [5.74, 6) is -0.222.